The highest BCUT2D eigenvalue weighted by atomic mass is 32.2. The van der Waals surface area contributed by atoms with Crippen molar-refractivity contribution in [2.45, 2.75) is 25.7 Å². The van der Waals surface area contributed by atoms with E-state index in [2.05, 4.69) is 0 Å². The molecule has 0 aromatic heterocycles. The van der Waals surface area contributed by atoms with E-state index in [-0.39, 0.29) is 22.6 Å². The fourth-order valence-corrected chi connectivity index (χ4v) is 4.53. The smallest absolute Gasteiger partial charge is 0.266 e. The van der Waals surface area contributed by atoms with Gasteiger partial charge in [0.15, 0.2) is 0 Å². The molecule has 1 fully saturated rings. The fraction of sp³-hybridized carbons (Fsp3) is 0.250. The van der Waals surface area contributed by atoms with Crippen LogP contribution in [0.1, 0.15) is 23.6 Å². The van der Waals surface area contributed by atoms with Gasteiger partial charge in [0.1, 0.15) is 5.83 Å². The van der Waals surface area contributed by atoms with E-state index in [1.807, 2.05) is 19.9 Å². The minimum Gasteiger partial charge on any atom is -0.268 e. The molecule has 1 aliphatic heterocycles. The van der Waals surface area contributed by atoms with Crippen molar-refractivity contribution in [1.82, 2.24) is 4.31 Å². The van der Waals surface area contributed by atoms with Crippen LogP contribution >= 0.6 is 0 Å². The lowest BCUT2D eigenvalue weighted by Crippen LogP contribution is -2.32. The largest absolute Gasteiger partial charge is 0.268 e. The van der Waals surface area contributed by atoms with Crippen molar-refractivity contribution in [3.63, 3.8) is 0 Å². The first-order valence-corrected chi connectivity index (χ1v) is 9.76. The second-order valence-corrected chi connectivity index (χ2v) is 8.51. The Bertz CT molecular complexity index is 994. The number of nitrogens with zero attached hydrogens (tertiary/aromatic N) is 1. The molecule has 0 saturated carbocycles. The molecule has 3 rings (SSSR count). The van der Waals surface area contributed by atoms with E-state index in [4.69, 9.17) is 0 Å². The third kappa shape index (κ3) is 3.17. The second-order valence-electron chi connectivity index (χ2n) is 6.65. The maximum atomic E-state index is 15.0. The van der Waals surface area contributed by atoms with Crippen LogP contribution in [-0.2, 0) is 14.8 Å². The number of carbonyl (C=O) groups excluding carboxylic acids is 1. The van der Waals surface area contributed by atoms with Crippen molar-refractivity contribution in [2.75, 3.05) is 6.54 Å². The molecule has 1 atom stereocenters. The van der Waals surface area contributed by atoms with Crippen molar-refractivity contribution in [1.29, 1.82) is 0 Å². The average Bonchev–Trinajstić information content (AvgIpc) is 2.90. The summed E-state index contributed by atoms with van der Waals surface area (Å²) in [6, 6.07) is 13.0. The van der Waals surface area contributed by atoms with Crippen molar-refractivity contribution in [3.8, 4) is 0 Å². The predicted molar refractivity (Wildman–Crippen MR) is 98.4 cm³/mol. The number of aryl methyl sites for hydroxylation is 2. The van der Waals surface area contributed by atoms with Gasteiger partial charge in [0.05, 0.1) is 10.5 Å². The molecule has 0 radical (unpaired) electrons. The molecule has 4 nitrogen and oxygen atoms in total. The third-order valence-corrected chi connectivity index (χ3v) is 6.27. The van der Waals surface area contributed by atoms with Gasteiger partial charge in [-0.3, -0.25) is 4.79 Å². The Kier molecular flexibility index (Phi) is 4.71. The van der Waals surface area contributed by atoms with Gasteiger partial charge >= 0.3 is 0 Å². The Morgan fingerprint density at radius 2 is 1.73 bits per heavy atom. The number of sulfonamides is 1. The van der Waals surface area contributed by atoms with E-state index in [0.29, 0.717) is 0 Å². The van der Waals surface area contributed by atoms with E-state index in [9.17, 15) is 17.6 Å². The molecule has 6 heteroatoms. The van der Waals surface area contributed by atoms with E-state index in [1.165, 1.54) is 12.1 Å². The maximum absolute atomic E-state index is 15.0. The summed E-state index contributed by atoms with van der Waals surface area (Å²) in [5, 5.41) is 0. The second kappa shape index (κ2) is 6.68. The zero-order chi connectivity index (χ0) is 19.1. The summed E-state index contributed by atoms with van der Waals surface area (Å²) in [5.74, 6) is -1.98. The lowest BCUT2D eigenvalue weighted by atomic mass is 10.00. The van der Waals surface area contributed by atoms with Crippen LogP contribution < -0.4 is 0 Å². The van der Waals surface area contributed by atoms with Crippen LogP contribution in [0.25, 0.3) is 5.83 Å². The first-order valence-electron chi connectivity index (χ1n) is 8.32. The number of amides is 1. The Balaban J connectivity index is 2.02. The Morgan fingerprint density at radius 1 is 1.08 bits per heavy atom. The average molecular weight is 373 g/mol. The third-order valence-electron chi connectivity index (χ3n) is 4.51. The van der Waals surface area contributed by atoms with Gasteiger partial charge in [0, 0.05) is 18.0 Å². The van der Waals surface area contributed by atoms with Crippen molar-refractivity contribution >= 4 is 21.8 Å². The normalized spacial score (nSPS) is 19.8. The van der Waals surface area contributed by atoms with Crippen LogP contribution in [-0.4, -0.2) is 25.2 Å². The highest BCUT2D eigenvalue weighted by Crippen LogP contribution is 2.35. The zero-order valence-electron chi connectivity index (χ0n) is 14.9. The van der Waals surface area contributed by atoms with Crippen LogP contribution in [0.2, 0.25) is 0 Å². The molecule has 0 bridgehead atoms. The van der Waals surface area contributed by atoms with Crippen LogP contribution in [0.4, 0.5) is 4.39 Å². The molecule has 1 unspecified atom stereocenters. The molecule has 0 spiro atoms. The number of benzene rings is 2. The number of hydrogen-bond donors (Lipinski definition) is 0. The fourth-order valence-electron chi connectivity index (χ4n) is 3.06. The van der Waals surface area contributed by atoms with Gasteiger partial charge in [-0.1, -0.05) is 48.4 Å². The van der Waals surface area contributed by atoms with Crippen LogP contribution in [0.5, 0.6) is 0 Å². The van der Waals surface area contributed by atoms with Gasteiger partial charge in [-0.25, -0.2) is 17.1 Å². The zero-order valence-corrected chi connectivity index (χ0v) is 15.7. The number of hydrogen-bond acceptors (Lipinski definition) is 3. The molecule has 1 amide bonds. The minimum absolute atomic E-state index is 0.0286. The Morgan fingerprint density at radius 3 is 2.35 bits per heavy atom. The van der Waals surface area contributed by atoms with Crippen LogP contribution in [0.3, 0.4) is 0 Å². The highest BCUT2D eigenvalue weighted by Gasteiger charge is 2.42. The SMILES string of the molecule is Cc1ccc(S(=O)(=O)N2CC(C)/C(=C(\F)c3cccc(C)c3)C2=O)cc1. The van der Waals surface area contributed by atoms with Gasteiger partial charge in [-0.2, -0.15) is 0 Å². The summed E-state index contributed by atoms with van der Waals surface area (Å²) in [5.41, 5.74) is 1.97. The monoisotopic (exact) mass is 373 g/mol. The first-order chi connectivity index (χ1) is 12.2. The Labute approximate surface area is 153 Å². The van der Waals surface area contributed by atoms with E-state index >= 15 is 0 Å². The van der Waals surface area contributed by atoms with Crippen molar-refractivity contribution in [2.24, 2.45) is 5.92 Å². The minimum atomic E-state index is -4.01. The highest BCUT2D eigenvalue weighted by molar-refractivity contribution is 7.89. The van der Waals surface area contributed by atoms with Crippen LogP contribution in [0, 0.1) is 19.8 Å². The maximum Gasteiger partial charge on any atom is 0.266 e. The van der Waals surface area contributed by atoms with Gasteiger partial charge in [-0.15, -0.1) is 0 Å². The van der Waals surface area contributed by atoms with Gasteiger partial charge in [0.25, 0.3) is 15.9 Å². The lowest BCUT2D eigenvalue weighted by molar-refractivity contribution is -0.120. The molecule has 1 aliphatic rings. The molecule has 0 N–H and O–H groups in total. The molecular formula is C20H20FNO3S. The molecule has 1 saturated heterocycles. The molecule has 2 aromatic carbocycles. The topological polar surface area (TPSA) is 54.5 Å². The molecule has 0 aliphatic carbocycles. The molecule has 26 heavy (non-hydrogen) atoms. The van der Waals surface area contributed by atoms with Crippen molar-refractivity contribution in [3.05, 3.63) is 70.8 Å². The van der Waals surface area contributed by atoms with Gasteiger partial charge < -0.3 is 0 Å². The molecule has 136 valence electrons. The summed E-state index contributed by atoms with van der Waals surface area (Å²) < 4.78 is 41.4. The molecule has 2 aromatic rings. The first kappa shape index (κ1) is 18.3. The molecule has 1 heterocycles. The summed E-state index contributed by atoms with van der Waals surface area (Å²) >= 11 is 0. The van der Waals surface area contributed by atoms with Gasteiger partial charge in [-0.05, 0) is 32.0 Å². The standard InChI is InChI=1S/C20H20FNO3S/c1-13-7-9-17(10-8-13)26(24,25)22-12-15(3)18(20(22)23)19(21)16-6-4-5-14(2)11-16/h4-11,15H,12H2,1-3H3/b19-18+. The van der Waals surface area contributed by atoms with Crippen LogP contribution in [0.15, 0.2) is 59.0 Å². The van der Waals surface area contributed by atoms with Crippen molar-refractivity contribution < 1.29 is 17.6 Å². The summed E-state index contributed by atoms with van der Waals surface area (Å²) in [4.78, 5) is 12.8. The predicted octanol–water partition coefficient (Wildman–Crippen LogP) is 3.85. The lowest BCUT2D eigenvalue weighted by Gasteiger charge is -2.16. The number of halogens is 1. The number of rotatable bonds is 3. The summed E-state index contributed by atoms with van der Waals surface area (Å²) in [6.07, 6.45) is 0. The van der Waals surface area contributed by atoms with Gasteiger partial charge in [0.2, 0.25) is 0 Å². The Hall–Kier alpha value is -2.47. The molecular weight excluding hydrogens is 353 g/mol. The quantitative estimate of drug-likeness (QED) is 0.768. The summed E-state index contributed by atoms with van der Waals surface area (Å²) in [7, 11) is -4.01. The number of carbonyl (C=O) groups is 1. The van der Waals surface area contributed by atoms with E-state index in [1.54, 1.807) is 37.3 Å². The summed E-state index contributed by atoms with van der Waals surface area (Å²) in [6.45, 7) is 5.27. The van der Waals surface area contributed by atoms with E-state index in [0.717, 1.165) is 15.4 Å². The van der Waals surface area contributed by atoms with E-state index < -0.39 is 27.7 Å².